The number of hydrogen-bond acceptors (Lipinski definition) is 1. The Balaban J connectivity index is 1.63. The molecule has 1 aromatic rings. The highest BCUT2D eigenvalue weighted by Crippen LogP contribution is 2.48. The SMILES string of the molecule is Fc1ccc(OCC2CC3CCC2C3)c(CBr)c1. The van der Waals surface area contributed by atoms with Crippen molar-refractivity contribution in [1.82, 2.24) is 0 Å². The predicted molar refractivity (Wildman–Crippen MR) is 73.5 cm³/mol. The quantitative estimate of drug-likeness (QED) is 0.742. The van der Waals surface area contributed by atoms with Gasteiger partial charge in [-0.1, -0.05) is 22.4 Å². The molecule has 0 amide bonds. The van der Waals surface area contributed by atoms with E-state index in [4.69, 9.17) is 4.74 Å². The van der Waals surface area contributed by atoms with Gasteiger partial charge in [0.15, 0.2) is 0 Å². The Kier molecular flexibility index (Phi) is 3.60. The van der Waals surface area contributed by atoms with Gasteiger partial charge in [0.2, 0.25) is 0 Å². The Morgan fingerprint density at radius 3 is 2.83 bits per heavy atom. The predicted octanol–water partition coefficient (Wildman–Crippen LogP) is 4.54. The molecule has 18 heavy (non-hydrogen) atoms. The Labute approximate surface area is 116 Å². The van der Waals surface area contributed by atoms with Crippen molar-refractivity contribution in [3.8, 4) is 5.75 Å². The van der Waals surface area contributed by atoms with Crippen LogP contribution in [-0.2, 0) is 5.33 Å². The van der Waals surface area contributed by atoms with Gasteiger partial charge in [-0.2, -0.15) is 0 Å². The molecule has 2 fully saturated rings. The number of halogens is 2. The number of benzene rings is 1. The highest BCUT2D eigenvalue weighted by molar-refractivity contribution is 9.08. The zero-order chi connectivity index (χ0) is 12.5. The molecule has 3 unspecified atom stereocenters. The summed E-state index contributed by atoms with van der Waals surface area (Å²) < 4.78 is 19.0. The van der Waals surface area contributed by atoms with Crippen molar-refractivity contribution >= 4 is 15.9 Å². The van der Waals surface area contributed by atoms with Gasteiger partial charge in [-0.3, -0.25) is 0 Å². The first-order valence-corrected chi connectivity index (χ1v) is 7.85. The molecule has 0 aromatic heterocycles. The molecule has 2 aliphatic carbocycles. The van der Waals surface area contributed by atoms with Crippen LogP contribution < -0.4 is 4.74 Å². The summed E-state index contributed by atoms with van der Waals surface area (Å²) in [6.45, 7) is 0.798. The number of fused-ring (bicyclic) bond motifs is 2. The zero-order valence-electron chi connectivity index (χ0n) is 10.4. The molecule has 0 saturated heterocycles. The van der Waals surface area contributed by atoms with Crippen molar-refractivity contribution in [3.05, 3.63) is 29.6 Å². The standard InChI is InChI=1S/C15H18BrFO/c16-8-12-7-14(17)3-4-15(12)18-9-13-6-10-1-2-11(13)5-10/h3-4,7,10-11,13H,1-2,5-6,8-9H2. The van der Waals surface area contributed by atoms with Crippen LogP contribution in [0, 0.1) is 23.6 Å². The molecule has 3 rings (SSSR count). The molecule has 3 heteroatoms. The van der Waals surface area contributed by atoms with Gasteiger partial charge in [0, 0.05) is 10.9 Å². The maximum Gasteiger partial charge on any atom is 0.123 e. The summed E-state index contributed by atoms with van der Waals surface area (Å²) in [5, 5.41) is 0.636. The van der Waals surface area contributed by atoms with Crippen LogP contribution in [0.2, 0.25) is 0 Å². The third kappa shape index (κ3) is 2.42. The first-order chi connectivity index (χ1) is 8.76. The summed E-state index contributed by atoms with van der Waals surface area (Å²) in [5.41, 5.74) is 0.901. The van der Waals surface area contributed by atoms with Crippen molar-refractivity contribution in [1.29, 1.82) is 0 Å². The van der Waals surface area contributed by atoms with Gasteiger partial charge >= 0.3 is 0 Å². The van der Waals surface area contributed by atoms with Crippen LogP contribution in [-0.4, -0.2) is 6.61 Å². The second-order valence-corrected chi connectivity index (χ2v) is 6.19. The highest BCUT2D eigenvalue weighted by Gasteiger charge is 2.39. The minimum Gasteiger partial charge on any atom is -0.493 e. The minimum absolute atomic E-state index is 0.197. The Morgan fingerprint density at radius 2 is 2.17 bits per heavy atom. The van der Waals surface area contributed by atoms with Gasteiger partial charge in [0.1, 0.15) is 11.6 Å². The molecule has 0 aliphatic heterocycles. The lowest BCUT2D eigenvalue weighted by Crippen LogP contribution is -2.18. The van der Waals surface area contributed by atoms with E-state index in [0.717, 1.165) is 35.7 Å². The van der Waals surface area contributed by atoms with E-state index in [2.05, 4.69) is 15.9 Å². The summed E-state index contributed by atoms with van der Waals surface area (Å²) >= 11 is 3.38. The molecule has 2 aliphatic rings. The van der Waals surface area contributed by atoms with E-state index < -0.39 is 0 Å². The van der Waals surface area contributed by atoms with Crippen LogP contribution in [0.15, 0.2) is 18.2 Å². The monoisotopic (exact) mass is 312 g/mol. The van der Waals surface area contributed by atoms with E-state index in [9.17, 15) is 4.39 Å². The van der Waals surface area contributed by atoms with Gasteiger partial charge in [-0.05, 0) is 55.2 Å². The van der Waals surface area contributed by atoms with Crippen LogP contribution >= 0.6 is 15.9 Å². The first-order valence-electron chi connectivity index (χ1n) is 6.73. The number of ether oxygens (including phenoxy) is 1. The Bertz CT molecular complexity index is 435. The van der Waals surface area contributed by atoms with E-state index in [1.165, 1.54) is 31.7 Å². The fourth-order valence-electron chi connectivity index (χ4n) is 3.57. The lowest BCUT2D eigenvalue weighted by atomic mass is 9.89. The van der Waals surface area contributed by atoms with Crippen LogP contribution in [0.5, 0.6) is 5.75 Å². The number of alkyl halides is 1. The third-order valence-corrected chi connectivity index (χ3v) is 5.11. The summed E-state index contributed by atoms with van der Waals surface area (Å²) in [6.07, 6.45) is 5.54. The second-order valence-electron chi connectivity index (χ2n) is 5.63. The van der Waals surface area contributed by atoms with Crippen molar-refractivity contribution in [2.75, 3.05) is 6.61 Å². The van der Waals surface area contributed by atoms with Crippen LogP contribution in [0.4, 0.5) is 4.39 Å². The fourth-order valence-corrected chi connectivity index (χ4v) is 4.01. The minimum atomic E-state index is -0.197. The Hall–Kier alpha value is -0.570. The molecule has 3 atom stereocenters. The van der Waals surface area contributed by atoms with Gasteiger partial charge in [-0.15, -0.1) is 0 Å². The fraction of sp³-hybridized carbons (Fsp3) is 0.600. The molecular weight excluding hydrogens is 295 g/mol. The van der Waals surface area contributed by atoms with E-state index in [1.54, 1.807) is 12.1 Å². The maximum absolute atomic E-state index is 13.1. The lowest BCUT2D eigenvalue weighted by Gasteiger charge is -2.22. The molecule has 98 valence electrons. The van der Waals surface area contributed by atoms with E-state index in [-0.39, 0.29) is 5.82 Å². The largest absolute Gasteiger partial charge is 0.493 e. The summed E-state index contributed by atoms with van der Waals surface area (Å²) in [6, 6.07) is 4.77. The van der Waals surface area contributed by atoms with Crippen molar-refractivity contribution in [2.45, 2.75) is 31.0 Å². The average Bonchev–Trinajstić information content (AvgIpc) is 2.99. The summed E-state index contributed by atoms with van der Waals surface area (Å²) in [5.74, 6) is 3.18. The number of rotatable bonds is 4. The third-order valence-electron chi connectivity index (χ3n) is 4.50. The van der Waals surface area contributed by atoms with Crippen LogP contribution in [0.25, 0.3) is 0 Å². The van der Waals surface area contributed by atoms with Crippen LogP contribution in [0.1, 0.15) is 31.2 Å². The van der Waals surface area contributed by atoms with Crippen molar-refractivity contribution in [2.24, 2.45) is 17.8 Å². The van der Waals surface area contributed by atoms with Gasteiger partial charge in [0.05, 0.1) is 6.61 Å². The summed E-state index contributed by atoms with van der Waals surface area (Å²) in [4.78, 5) is 0. The first kappa shape index (κ1) is 12.5. The zero-order valence-corrected chi connectivity index (χ0v) is 12.0. The van der Waals surface area contributed by atoms with Crippen LogP contribution in [0.3, 0.4) is 0 Å². The lowest BCUT2D eigenvalue weighted by molar-refractivity contribution is 0.194. The van der Waals surface area contributed by atoms with Gasteiger partial charge < -0.3 is 4.74 Å². The molecule has 2 saturated carbocycles. The molecule has 1 nitrogen and oxygen atoms in total. The molecule has 0 heterocycles. The van der Waals surface area contributed by atoms with E-state index in [0.29, 0.717) is 5.33 Å². The van der Waals surface area contributed by atoms with Crippen molar-refractivity contribution in [3.63, 3.8) is 0 Å². The van der Waals surface area contributed by atoms with Gasteiger partial charge in [0.25, 0.3) is 0 Å². The smallest absolute Gasteiger partial charge is 0.123 e. The molecule has 0 N–H and O–H groups in total. The molecule has 1 aromatic carbocycles. The topological polar surface area (TPSA) is 9.23 Å². The Morgan fingerprint density at radius 1 is 1.28 bits per heavy atom. The van der Waals surface area contributed by atoms with E-state index >= 15 is 0 Å². The molecule has 2 bridgehead atoms. The number of hydrogen-bond donors (Lipinski definition) is 0. The molecule has 0 spiro atoms. The summed E-state index contributed by atoms with van der Waals surface area (Å²) in [7, 11) is 0. The highest BCUT2D eigenvalue weighted by atomic mass is 79.9. The molecular formula is C15H18BrFO. The maximum atomic E-state index is 13.1. The average molecular weight is 313 g/mol. The second kappa shape index (κ2) is 5.20. The normalized spacial score (nSPS) is 29.8. The molecule has 0 radical (unpaired) electrons. The van der Waals surface area contributed by atoms with E-state index in [1.807, 2.05) is 0 Å². The van der Waals surface area contributed by atoms with Gasteiger partial charge in [-0.25, -0.2) is 4.39 Å². The van der Waals surface area contributed by atoms with Crippen molar-refractivity contribution < 1.29 is 9.13 Å².